The fourth-order valence-electron chi connectivity index (χ4n) is 1.44. The number of urea groups is 1. The van der Waals surface area contributed by atoms with Crippen molar-refractivity contribution in [3.8, 4) is 0 Å². The van der Waals surface area contributed by atoms with Crippen LogP contribution in [0.4, 0.5) is 4.79 Å². The quantitative estimate of drug-likeness (QED) is 0.662. The summed E-state index contributed by atoms with van der Waals surface area (Å²) in [5, 5.41) is 5.03. The molecule has 1 aromatic carbocycles. The van der Waals surface area contributed by atoms with Crippen LogP contribution in [0.15, 0.2) is 30.3 Å². The number of benzene rings is 1. The van der Waals surface area contributed by atoms with E-state index in [9.17, 15) is 9.59 Å². The first kappa shape index (κ1) is 14.3. The van der Waals surface area contributed by atoms with Gasteiger partial charge in [-0.3, -0.25) is 4.79 Å². The first-order valence-electron chi connectivity index (χ1n) is 5.57. The average molecular weight is 270 g/mol. The molecular weight excluding hydrogens is 254 g/mol. The van der Waals surface area contributed by atoms with Gasteiger partial charge in [0.1, 0.15) is 6.04 Å². The summed E-state index contributed by atoms with van der Waals surface area (Å²) in [5.41, 5.74) is 6.18. The minimum Gasteiger partial charge on any atom is -0.368 e. The van der Waals surface area contributed by atoms with Gasteiger partial charge in [0.2, 0.25) is 5.91 Å². The van der Waals surface area contributed by atoms with Crippen molar-refractivity contribution >= 4 is 23.5 Å². The molecule has 0 spiro atoms. The molecule has 0 bridgehead atoms. The van der Waals surface area contributed by atoms with E-state index in [0.717, 1.165) is 5.56 Å². The fraction of sp³-hybridized carbons (Fsp3) is 0.333. The van der Waals surface area contributed by atoms with Crippen molar-refractivity contribution in [3.63, 3.8) is 0 Å². The second-order valence-electron chi connectivity index (χ2n) is 3.73. The molecule has 0 radical (unpaired) electrons. The van der Waals surface area contributed by atoms with Gasteiger partial charge in [-0.1, -0.05) is 30.3 Å². The maximum atomic E-state index is 11.4. The zero-order valence-electron chi connectivity index (χ0n) is 9.86. The van der Waals surface area contributed by atoms with E-state index in [1.54, 1.807) is 0 Å². The number of carbonyl (C=O) groups is 2. The van der Waals surface area contributed by atoms with Crippen LogP contribution >= 0.6 is 11.6 Å². The highest BCUT2D eigenvalue weighted by Crippen LogP contribution is 2.02. The third kappa shape index (κ3) is 5.05. The Hall–Kier alpha value is -1.75. The molecule has 0 saturated carbocycles. The van der Waals surface area contributed by atoms with Crippen LogP contribution in [0.1, 0.15) is 5.56 Å². The molecular formula is C12H16ClN3O2. The van der Waals surface area contributed by atoms with Crippen LogP contribution < -0.4 is 16.4 Å². The Morgan fingerprint density at radius 2 is 1.94 bits per heavy atom. The number of hydrogen-bond acceptors (Lipinski definition) is 2. The van der Waals surface area contributed by atoms with Gasteiger partial charge < -0.3 is 16.4 Å². The van der Waals surface area contributed by atoms with E-state index in [1.807, 2.05) is 30.3 Å². The lowest BCUT2D eigenvalue weighted by atomic mass is 10.1. The first-order chi connectivity index (χ1) is 8.63. The number of rotatable bonds is 6. The predicted molar refractivity (Wildman–Crippen MR) is 70.4 cm³/mol. The van der Waals surface area contributed by atoms with Crippen molar-refractivity contribution in [3.05, 3.63) is 35.9 Å². The van der Waals surface area contributed by atoms with Gasteiger partial charge in [0, 0.05) is 18.8 Å². The summed E-state index contributed by atoms with van der Waals surface area (Å²) in [5.74, 6) is -0.257. The minimum atomic E-state index is -0.734. The lowest BCUT2D eigenvalue weighted by Crippen LogP contribution is -2.49. The molecule has 0 aliphatic rings. The molecule has 0 fully saturated rings. The average Bonchev–Trinajstić information content (AvgIpc) is 2.36. The third-order valence-corrected chi connectivity index (χ3v) is 2.50. The number of nitrogens with one attached hydrogen (secondary N) is 2. The van der Waals surface area contributed by atoms with Crippen molar-refractivity contribution in [1.29, 1.82) is 0 Å². The maximum Gasteiger partial charge on any atom is 0.315 e. The molecule has 0 aliphatic carbocycles. The molecule has 1 rings (SSSR count). The largest absolute Gasteiger partial charge is 0.368 e. The van der Waals surface area contributed by atoms with E-state index in [0.29, 0.717) is 18.8 Å². The highest BCUT2D eigenvalue weighted by Gasteiger charge is 2.18. The molecule has 0 unspecified atom stereocenters. The molecule has 1 aromatic rings. The van der Waals surface area contributed by atoms with Gasteiger partial charge in [-0.2, -0.15) is 0 Å². The molecule has 5 nitrogen and oxygen atoms in total. The Labute approximate surface area is 111 Å². The fourth-order valence-corrected chi connectivity index (χ4v) is 1.54. The first-order valence-corrected chi connectivity index (χ1v) is 6.10. The predicted octanol–water partition coefficient (Wildman–Crippen LogP) is 0.621. The zero-order valence-corrected chi connectivity index (χ0v) is 10.6. The van der Waals surface area contributed by atoms with E-state index in [4.69, 9.17) is 17.3 Å². The Morgan fingerprint density at radius 3 is 2.50 bits per heavy atom. The second-order valence-corrected chi connectivity index (χ2v) is 4.11. The van der Waals surface area contributed by atoms with Gasteiger partial charge in [0.25, 0.3) is 0 Å². The highest BCUT2D eigenvalue weighted by molar-refractivity contribution is 6.18. The molecule has 6 heteroatoms. The van der Waals surface area contributed by atoms with Crippen LogP contribution in [-0.2, 0) is 11.2 Å². The molecule has 0 aromatic heterocycles. The van der Waals surface area contributed by atoms with Crippen LogP contribution in [0.2, 0.25) is 0 Å². The number of halogens is 1. The molecule has 18 heavy (non-hydrogen) atoms. The van der Waals surface area contributed by atoms with Crippen molar-refractivity contribution in [2.24, 2.45) is 5.73 Å². The SMILES string of the molecule is NC(=O)[C@H](Cc1ccccc1)NC(=O)NCCCl. The monoisotopic (exact) mass is 269 g/mol. The molecule has 4 N–H and O–H groups in total. The summed E-state index contributed by atoms with van der Waals surface area (Å²) in [6, 6.07) is 8.16. The Bertz CT molecular complexity index is 398. The van der Waals surface area contributed by atoms with Crippen LogP contribution in [0.25, 0.3) is 0 Å². The Kier molecular flexibility index (Phi) is 6.00. The van der Waals surface area contributed by atoms with Crippen LogP contribution in [0.5, 0.6) is 0 Å². The van der Waals surface area contributed by atoms with E-state index < -0.39 is 18.0 Å². The minimum absolute atomic E-state index is 0.313. The summed E-state index contributed by atoms with van der Waals surface area (Å²) in [7, 11) is 0. The summed E-state index contributed by atoms with van der Waals surface area (Å²) in [6.07, 6.45) is 0.366. The molecule has 1 atom stereocenters. The summed E-state index contributed by atoms with van der Waals surface area (Å²) < 4.78 is 0. The molecule has 0 aliphatic heterocycles. The number of primary amides is 1. The van der Waals surface area contributed by atoms with Gasteiger partial charge >= 0.3 is 6.03 Å². The summed E-state index contributed by atoms with van der Waals surface area (Å²) >= 11 is 5.44. The van der Waals surface area contributed by atoms with Crippen LogP contribution in [-0.4, -0.2) is 30.4 Å². The summed E-state index contributed by atoms with van der Waals surface area (Å²) in [6.45, 7) is 0.338. The number of amides is 3. The number of alkyl halides is 1. The van der Waals surface area contributed by atoms with E-state index in [-0.39, 0.29) is 0 Å². The van der Waals surface area contributed by atoms with Crippen molar-refractivity contribution in [1.82, 2.24) is 10.6 Å². The number of carbonyl (C=O) groups excluding carboxylic acids is 2. The number of hydrogen-bond donors (Lipinski definition) is 3. The van der Waals surface area contributed by atoms with Crippen LogP contribution in [0.3, 0.4) is 0 Å². The van der Waals surface area contributed by atoms with Crippen molar-refractivity contribution in [2.75, 3.05) is 12.4 Å². The lowest BCUT2D eigenvalue weighted by molar-refractivity contribution is -0.119. The molecule has 0 heterocycles. The smallest absolute Gasteiger partial charge is 0.315 e. The molecule has 98 valence electrons. The normalized spacial score (nSPS) is 11.6. The zero-order chi connectivity index (χ0) is 13.4. The van der Waals surface area contributed by atoms with Gasteiger partial charge in [-0.25, -0.2) is 4.79 Å². The van der Waals surface area contributed by atoms with E-state index in [2.05, 4.69) is 10.6 Å². The van der Waals surface area contributed by atoms with Crippen LogP contribution in [0, 0.1) is 0 Å². The van der Waals surface area contributed by atoms with Gasteiger partial charge in [0.05, 0.1) is 0 Å². The van der Waals surface area contributed by atoms with Gasteiger partial charge in [0.15, 0.2) is 0 Å². The summed E-state index contributed by atoms with van der Waals surface area (Å²) in [4.78, 5) is 22.7. The van der Waals surface area contributed by atoms with E-state index in [1.165, 1.54) is 0 Å². The Balaban J connectivity index is 2.55. The third-order valence-electron chi connectivity index (χ3n) is 2.31. The molecule has 3 amide bonds. The van der Waals surface area contributed by atoms with Crippen molar-refractivity contribution < 1.29 is 9.59 Å². The topological polar surface area (TPSA) is 84.2 Å². The van der Waals surface area contributed by atoms with Gasteiger partial charge in [-0.15, -0.1) is 11.6 Å². The maximum absolute atomic E-state index is 11.4. The lowest BCUT2D eigenvalue weighted by Gasteiger charge is -2.15. The van der Waals surface area contributed by atoms with Crippen molar-refractivity contribution in [2.45, 2.75) is 12.5 Å². The standard InChI is InChI=1S/C12H16ClN3O2/c13-6-7-15-12(18)16-10(11(14)17)8-9-4-2-1-3-5-9/h1-5,10H,6-8H2,(H2,14,17)(H2,15,16,18)/t10-/m0/s1. The Morgan fingerprint density at radius 1 is 1.28 bits per heavy atom. The number of nitrogens with two attached hydrogens (primary N) is 1. The van der Waals surface area contributed by atoms with Gasteiger partial charge in [-0.05, 0) is 5.56 Å². The van der Waals surface area contributed by atoms with E-state index >= 15 is 0 Å². The second kappa shape index (κ2) is 7.55. The molecule has 0 saturated heterocycles. The highest BCUT2D eigenvalue weighted by atomic mass is 35.5.